The zero-order valence-electron chi connectivity index (χ0n) is 11.1. The van der Waals surface area contributed by atoms with Crippen molar-refractivity contribution < 1.29 is 0 Å². The van der Waals surface area contributed by atoms with Gasteiger partial charge in [-0.15, -0.1) is 0 Å². The highest BCUT2D eigenvalue weighted by atomic mass is 79.9. The molecule has 0 radical (unpaired) electrons. The van der Waals surface area contributed by atoms with Gasteiger partial charge in [-0.1, -0.05) is 27.7 Å². The third kappa shape index (κ3) is 2.41. The second-order valence-electron chi connectivity index (χ2n) is 4.55. The molecule has 3 aromatic rings. The highest BCUT2D eigenvalue weighted by Gasteiger charge is 2.12. The van der Waals surface area contributed by atoms with E-state index in [0.29, 0.717) is 5.69 Å². The number of nitrogen functional groups attached to an aromatic ring is 1. The number of anilines is 1. The van der Waals surface area contributed by atoms with E-state index in [2.05, 4.69) is 26.0 Å². The minimum Gasteiger partial charge on any atom is -0.397 e. The molecule has 0 unspecified atom stereocenters. The Balaban J connectivity index is 2.17. The second kappa shape index (κ2) is 5.10. The Morgan fingerprint density at radius 3 is 2.80 bits per heavy atom. The summed E-state index contributed by atoms with van der Waals surface area (Å²) in [6, 6.07) is 8.06. The van der Waals surface area contributed by atoms with E-state index in [1.165, 1.54) is 0 Å². The first kappa shape index (κ1) is 13.5. The number of pyridine rings is 1. The molecule has 0 aliphatic carbocycles. The lowest BCUT2D eigenvalue weighted by molar-refractivity contribution is 0.692. The van der Waals surface area contributed by atoms with Crippen LogP contribution in [0.15, 0.2) is 44.9 Å². The number of aromatic nitrogens is 3. The largest absolute Gasteiger partial charge is 0.397 e. The molecule has 0 saturated carbocycles. The van der Waals surface area contributed by atoms with Gasteiger partial charge in [0.2, 0.25) is 0 Å². The number of rotatable bonds is 2. The van der Waals surface area contributed by atoms with Crippen LogP contribution in [0.1, 0.15) is 5.69 Å². The molecule has 0 aliphatic heterocycles. The van der Waals surface area contributed by atoms with Crippen molar-refractivity contribution in [1.29, 1.82) is 0 Å². The van der Waals surface area contributed by atoms with Gasteiger partial charge in [0.25, 0.3) is 0 Å². The predicted molar refractivity (Wildman–Crippen MR) is 85.9 cm³/mol. The van der Waals surface area contributed by atoms with Crippen LogP contribution in [0.25, 0.3) is 10.9 Å². The van der Waals surface area contributed by atoms with Crippen molar-refractivity contribution >= 4 is 44.3 Å². The van der Waals surface area contributed by atoms with Gasteiger partial charge < -0.3 is 5.73 Å². The molecule has 0 atom stereocenters. The summed E-state index contributed by atoms with van der Waals surface area (Å²) in [5.41, 5.74) is 8.72. The van der Waals surface area contributed by atoms with Crippen molar-refractivity contribution in [3.8, 4) is 0 Å². The van der Waals surface area contributed by atoms with E-state index in [-0.39, 0.29) is 0 Å². The smallest absolute Gasteiger partial charge is 0.0987 e. The number of halogens is 1. The number of nitrogens with zero attached hydrogens (tertiary/aromatic N) is 3. The lowest BCUT2D eigenvalue weighted by Crippen LogP contribution is -1.95. The lowest BCUT2D eigenvalue weighted by Gasteiger charge is -2.09. The summed E-state index contributed by atoms with van der Waals surface area (Å²) in [6.07, 6.45) is 1.71. The fourth-order valence-corrected chi connectivity index (χ4v) is 3.47. The average Bonchev–Trinajstić information content (AvgIpc) is 2.71. The Bertz CT molecular complexity index is 792. The van der Waals surface area contributed by atoms with Crippen LogP contribution >= 0.6 is 27.7 Å². The number of benzene rings is 1. The van der Waals surface area contributed by atoms with Crippen molar-refractivity contribution in [1.82, 2.24) is 14.8 Å². The fourth-order valence-electron chi connectivity index (χ4n) is 2.06. The van der Waals surface area contributed by atoms with E-state index in [4.69, 9.17) is 5.73 Å². The first-order valence-electron chi connectivity index (χ1n) is 6.07. The molecule has 0 aliphatic rings. The number of aryl methyl sites for hydroxylation is 2. The highest BCUT2D eigenvalue weighted by molar-refractivity contribution is 9.10. The molecular formula is C14H13BrN4S. The maximum Gasteiger partial charge on any atom is 0.0987 e. The van der Waals surface area contributed by atoms with Crippen LogP contribution in [-0.2, 0) is 7.05 Å². The summed E-state index contributed by atoms with van der Waals surface area (Å²) in [5, 5.41) is 6.47. The van der Waals surface area contributed by atoms with Crippen molar-refractivity contribution in [3.63, 3.8) is 0 Å². The normalized spacial score (nSPS) is 11.2. The third-order valence-corrected chi connectivity index (χ3v) is 4.72. The monoisotopic (exact) mass is 348 g/mol. The molecule has 1 aromatic carbocycles. The molecule has 0 fully saturated rings. The van der Waals surface area contributed by atoms with Crippen LogP contribution in [0.5, 0.6) is 0 Å². The van der Waals surface area contributed by atoms with Gasteiger partial charge >= 0.3 is 0 Å². The van der Waals surface area contributed by atoms with E-state index < -0.39 is 0 Å². The number of fused-ring (bicyclic) bond motifs is 1. The van der Waals surface area contributed by atoms with Gasteiger partial charge in [-0.2, -0.15) is 5.10 Å². The lowest BCUT2D eigenvalue weighted by atomic mass is 10.2. The van der Waals surface area contributed by atoms with Crippen molar-refractivity contribution in [3.05, 3.63) is 40.6 Å². The van der Waals surface area contributed by atoms with Gasteiger partial charge in [-0.25, -0.2) is 0 Å². The maximum absolute atomic E-state index is 6.11. The predicted octanol–water partition coefficient (Wildman–Crippen LogP) is 3.77. The number of nitrogens with two attached hydrogens (primary N) is 1. The molecule has 102 valence electrons. The van der Waals surface area contributed by atoms with Crippen LogP contribution in [0.2, 0.25) is 0 Å². The molecule has 0 bridgehead atoms. The maximum atomic E-state index is 6.11. The molecule has 4 nitrogen and oxygen atoms in total. The molecular weight excluding hydrogens is 336 g/mol. The van der Waals surface area contributed by atoms with Crippen LogP contribution in [0, 0.1) is 6.92 Å². The summed E-state index contributed by atoms with van der Waals surface area (Å²) >= 11 is 5.11. The molecule has 0 spiro atoms. The van der Waals surface area contributed by atoms with E-state index in [1.54, 1.807) is 18.0 Å². The molecule has 20 heavy (non-hydrogen) atoms. The quantitative estimate of drug-likeness (QED) is 0.765. The minimum absolute atomic E-state index is 0.680. The highest BCUT2D eigenvalue weighted by Crippen LogP contribution is 2.37. The van der Waals surface area contributed by atoms with Gasteiger partial charge in [0.05, 0.1) is 28.1 Å². The molecule has 0 saturated heterocycles. The van der Waals surface area contributed by atoms with Gasteiger partial charge in [0.15, 0.2) is 0 Å². The van der Waals surface area contributed by atoms with E-state index >= 15 is 0 Å². The summed E-state index contributed by atoms with van der Waals surface area (Å²) in [6.45, 7) is 1.98. The molecule has 0 amide bonds. The van der Waals surface area contributed by atoms with Gasteiger partial charge in [-0.3, -0.25) is 9.67 Å². The average molecular weight is 349 g/mol. The van der Waals surface area contributed by atoms with E-state index in [0.717, 1.165) is 31.0 Å². The van der Waals surface area contributed by atoms with Crippen molar-refractivity contribution in [2.45, 2.75) is 16.8 Å². The summed E-state index contributed by atoms with van der Waals surface area (Å²) < 4.78 is 2.88. The number of hydrogen-bond acceptors (Lipinski definition) is 4. The molecule has 3 rings (SSSR count). The summed E-state index contributed by atoms with van der Waals surface area (Å²) in [4.78, 5) is 5.38. The van der Waals surface area contributed by atoms with Crippen LogP contribution in [-0.4, -0.2) is 14.8 Å². The Labute approximate surface area is 129 Å². The minimum atomic E-state index is 0.680. The van der Waals surface area contributed by atoms with Crippen LogP contribution in [0.4, 0.5) is 5.69 Å². The fraction of sp³-hybridized carbons (Fsp3) is 0.143. The Morgan fingerprint density at radius 1 is 1.30 bits per heavy atom. The standard InChI is InChI=1S/C14H13BrN4S/c1-8-5-13(19(2)18-8)20-14-10-6-9(15)3-4-12(10)17-7-11(14)16/h3-7H,16H2,1-2H3. The van der Waals surface area contributed by atoms with Gasteiger partial charge in [-0.05, 0) is 31.2 Å². The first-order valence-corrected chi connectivity index (χ1v) is 7.68. The molecule has 6 heteroatoms. The Kier molecular flexibility index (Phi) is 3.43. The second-order valence-corrected chi connectivity index (χ2v) is 6.50. The zero-order chi connectivity index (χ0) is 14.3. The van der Waals surface area contributed by atoms with Crippen molar-refractivity contribution in [2.75, 3.05) is 5.73 Å². The topological polar surface area (TPSA) is 56.7 Å². The molecule has 2 aromatic heterocycles. The Morgan fingerprint density at radius 2 is 2.10 bits per heavy atom. The van der Waals surface area contributed by atoms with Crippen LogP contribution in [0.3, 0.4) is 0 Å². The molecule has 2 N–H and O–H groups in total. The van der Waals surface area contributed by atoms with E-state index in [1.807, 2.05) is 42.9 Å². The van der Waals surface area contributed by atoms with Gasteiger partial charge in [0, 0.05) is 21.8 Å². The zero-order valence-corrected chi connectivity index (χ0v) is 13.5. The first-order chi connectivity index (χ1) is 9.54. The summed E-state index contributed by atoms with van der Waals surface area (Å²) in [5.74, 6) is 0. The van der Waals surface area contributed by atoms with Gasteiger partial charge in [0.1, 0.15) is 0 Å². The van der Waals surface area contributed by atoms with E-state index in [9.17, 15) is 0 Å². The Hall–Kier alpha value is -1.53. The SMILES string of the molecule is Cc1cc(Sc2c(N)cnc3ccc(Br)cc23)n(C)n1. The third-order valence-electron chi connectivity index (χ3n) is 2.97. The van der Waals surface area contributed by atoms with Crippen molar-refractivity contribution in [2.24, 2.45) is 7.05 Å². The molecule has 2 heterocycles. The number of hydrogen-bond donors (Lipinski definition) is 1. The van der Waals surface area contributed by atoms with Crippen LogP contribution < -0.4 is 5.73 Å². The summed E-state index contributed by atoms with van der Waals surface area (Å²) in [7, 11) is 1.94.